The molecule has 0 saturated carbocycles. The van der Waals surface area contributed by atoms with Gasteiger partial charge in [-0.25, -0.2) is 15.0 Å². The number of nitrogens with two attached hydrogens (primary N) is 2. The van der Waals surface area contributed by atoms with E-state index in [1.165, 1.54) is 17.1 Å². The molecule has 8 nitrogen and oxygen atoms in total. The topological polar surface area (TPSA) is 126 Å². The van der Waals surface area contributed by atoms with Crippen molar-refractivity contribution in [2.45, 2.75) is 19.9 Å². The molecule has 0 unspecified atom stereocenters. The molecule has 2 aromatic rings. The van der Waals surface area contributed by atoms with E-state index in [0.717, 1.165) is 0 Å². The van der Waals surface area contributed by atoms with Crippen molar-refractivity contribution in [2.75, 3.05) is 0 Å². The van der Waals surface area contributed by atoms with Crippen LogP contribution in [0.4, 0.5) is 0 Å². The highest BCUT2D eigenvalue weighted by atomic mass is 35.5. The Morgan fingerprint density at radius 3 is 2.68 bits per heavy atom. The van der Waals surface area contributed by atoms with Gasteiger partial charge in [-0.15, -0.1) is 17.5 Å². The van der Waals surface area contributed by atoms with Gasteiger partial charge in [0.1, 0.15) is 17.8 Å². The predicted molar refractivity (Wildman–Crippen MR) is 70.1 cm³/mol. The largest absolute Gasteiger partial charge is 0.364 e. The first kappa shape index (κ1) is 15.0. The van der Waals surface area contributed by atoms with Gasteiger partial charge in [0.05, 0.1) is 6.04 Å². The highest BCUT2D eigenvalue weighted by Gasteiger charge is 2.15. The van der Waals surface area contributed by atoms with Gasteiger partial charge in [0.15, 0.2) is 11.6 Å². The van der Waals surface area contributed by atoms with Gasteiger partial charge in [-0.05, 0) is 13.8 Å². The van der Waals surface area contributed by atoms with E-state index in [-0.39, 0.29) is 24.1 Å². The molecule has 1 atom stereocenters. The van der Waals surface area contributed by atoms with Crippen molar-refractivity contribution in [3.8, 4) is 5.82 Å². The van der Waals surface area contributed by atoms with Crippen LogP contribution in [0.25, 0.3) is 5.82 Å². The van der Waals surface area contributed by atoms with E-state index in [1.54, 1.807) is 13.8 Å². The first-order valence-corrected chi connectivity index (χ1v) is 5.30. The Balaban J connectivity index is 0.00000180. The second kappa shape index (κ2) is 5.72. The average Bonchev–Trinajstić information content (AvgIpc) is 2.72. The molecule has 19 heavy (non-hydrogen) atoms. The minimum atomic E-state index is -0.627. The third-order valence-electron chi connectivity index (χ3n) is 2.27. The summed E-state index contributed by atoms with van der Waals surface area (Å²) < 4.78 is 1.48. The number of carbonyl (C=O) groups is 1. The molecule has 1 amide bonds. The molecule has 0 aromatic carbocycles. The molecule has 0 radical (unpaired) electrons. The number of nitrogens with zero attached hydrogens (tertiary/aromatic N) is 5. The van der Waals surface area contributed by atoms with Crippen molar-refractivity contribution in [1.29, 1.82) is 0 Å². The summed E-state index contributed by atoms with van der Waals surface area (Å²) in [5.41, 5.74) is 11.1. The van der Waals surface area contributed by atoms with Crippen molar-refractivity contribution in [3.63, 3.8) is 0 Å². The Morgan fingerprint density at radius 1 is 1.42 bits per heavy atom. The fourth-order valence-electron chi connectivity index (χ4n) is 1.49. The molecule has 0 aliphatic rings. The summed E-state index contributed by atoms with van der Waals surface area (Å²) in [5.74, 6) is 0.910. The number of carbonyl (C=O) groups excluding carboxylic acids is 1. The molecule has 0 bridgehead atoms. The van der Waals surface area contributed by atoms with Crippen molar-refractivity contribution in [3.05, 3.63) is 29.7 Å². The Kier molecular flexibility index (Phi) is 4.52. The number of rotatable bonds is 3. The van der Waals surface area contributed by atoms with Gasteiger partial charge in [0.25, 0.3) is 5.91 Å². The Labute approximate surface area is 115 Å². The van der Waals surface area contributed by atoms with Crippen LogP contribution < -0.4 is 11.5 Å². The SMILES string of the molecule is Cc1nc([C@H](C)N)n(-c2cc(C(N)=O)ncn2)n1.Cl. The Bertz CT molecular complexity index is 595. The lowest BCUT2D eigenvalue weighted by molar-refractivity contribution is 0.0995. The van der Waals surface area contributed by atoms with Gasteiger partial charge < -0.3 is 11.5 Å². The van der Waals surface area contributed by atoms with E-state index in [1.807, 2.05) is 0 Å². The molecule has 2 heterocycles. The first-order chi connectivity index (χ1) is 8.49. The van der Waals surface area contributed by atoms with E-state index >= 15 is 0 Å². The molecule has 2 rings (SSSR count). The van der Waals surface area contributed by atoms with Gasteiger partial charge in [0.2, 0.25) is 0 Å². The van der Waals surface area contributed by atoms with Crippen LogP contribution >= 0.6 is 12.4 Å². The minimum Gasteiger partial charge on any atom is -0.364 e. The molecule has 2 aromatic heterocycles. The van der Waals surface area contributed by atoms with Crippen molar-refractivity contribution < 1.29 is 4.79 Å². The van der Waals surface area contributed by atoms with Crippen LogP contribution in [0.1, 0.15) is 35.1 Å². The van der Waals surface area contributed by atoms with Crippen LogP contribution in [-0.2, 0) is 0 Å². The predicted octanol–water partition coefficient (Wildman–Crippen LogP) is -0.0939. The molecule has 0 fully saturated rings. The molecule has 0 saturated heterocycles. The normalized spacial score (nSPS) is 11.7. The summed E-state index contributed by atoms with van der Waals surface area (Å²) in [6, 6.07) is 1.14. The average molecular weight is 284 g/mol. The van der Waals surface area contributed by atoms with E-state index in [2.05, 4.69) is 20.1 Å². The zero-order chi connectivity index (χ0) is 13.3. The number of halogens is 1. The number of hydrogen-bond donors (Lipinski definition) is 2. The summed E-state index contributed by atoms with van der Waals surface area (Å²) in [4.78, 5) is 23.1. The number of amides is 1. The van der Waals surface area contributed by atoms with Crippen LogP contribution in [-0.4, -0.2) is 30.6 Å². The van der Waals surface area contributed by atoms with E-state index in [0.29, 0.717) is 17.5 Å². The fraction of sp³-hybridized carbons (Fsp3) is 0.300. The zero-order valence-corrected chi connectivity index (χ0v) is 11.3. The number of aromatic nitrogens is 5. The quantitative estimate of drug-likeness (QED) is 0.810. The lowest BCUT2D eigenvalue weighted by atomic mass is 10.3. The van der Waals surface area contributed by atoms with Gasteiger partial charge in [-0.3, -0.25) is 4.79 Å². The van der Waals surface area contributed by atoms with Crippen LogP contribution in [0.5, 0.6) is 0 Å². The second-order valence-corrected chi connectivity index (χ2v) is 3.84. The lowest BCUT2D eigenvalue weighted by Gasteiger charge is -2.07. The molecule has 4 N–H and O–H groups in total. The van der Waals surface area contributed by atoms with Crippen LogP contribution in [0.15, 0.2) is 12.4 Å². The third kappa shape index (κ3) is 3.04. The summed E-state index contributed by atoms with van der Waals surface area (Å²) in [6.07, 6.45) is 1.25. The molecular formula is C10H14ClN7O. The van der Waals surface area contributed by atoms with E-state index in [9.17, 15) is 4.79 Å². The highest BCUT2D eigenvalue weighted by molar-refractivity contribution is 5.90. The van der Waals surface area contributed by atoms with Gasteiger partial charge in [-0.1, -0.05) is 0 Å². The van der Waals surface area contributed by atoms with Crippen LogP contribution in [0.2, 0.25) is 0 Å². The monoisotopic (exact) mass is 283 g/mol. The minimum absolute atomic E-state index is 0. The Hall–Kier alpha value is -2.06. The first-order valence-electron chi connectivity index (χ1n) is 5.30. The van der Waals surface area contributed by atoms with Gasteiger partial charge in [0, 0.05) is 6.07 Å². The molecule has 0 aliphatic heterocycles. The van der Waals surface area contributed by atoms with Crippen LogP contribution in [0.3, 0.4) is 0 Å². The maximum absolute atomic E-state index is 11.1. The standard InChI is InChI=1S/C10H13N7O.ClH/c1-5(11)10-15-6(2)16-17(10)8-3-7(9(12)18)13-4-14-8;/h3-5H,11H2,1-2H3,(H2,12,18);1H/t5-;/m0./s1. The molecule has 0 aliphatic carbocycles. The number of primary amides is 1. The van der Waals surface area contributed by atoms with Crippen LogP contribution in [0, 0.1) is 6.92 Å². The zero-order valence-electron chi connectivity index (χ0n) is 10.4. The molecule has 0 spiro atoms. The summed E-state index contributed by atoms with van der Waals surface area (Å²) >= 11 is 0. The van der Waals surface area contributed by atoms with Gasteiger partial charge in [-0.2, -0.15) is 4.68 Å². The third-order valence-corrected chi connectivity index (χ3v) is 2.27. The summed E-state index contributed by atoms with van der Waals surface area (Å²) in [6.45, 7) is 3.54. The second-order valence-electron chi connectivity index (χ2n) is 3.84. The van der Waals surface area contributed by atoms with Crippen molar-refractivity contribution in [2.24, 2.45) is 11.5 Å². The van der Waals surface area contributed by atoms with Gasteiger partial charge >= 0.3 is 0 Å². The highest BCUT2D eigenvalue weighted by Crippen LogP contribution is 2.12. The number of hydrogen-bond acceptors (Lipinski definition) is 6. The summed E-state index contributed by atoms with van der Waals surface area (Å²) in [7, 11) is 0. The van der Waals surface area contributed by atoms with Crippen molar-refractivity contribution in [1.82, 2.24) is 24.7 Å². The van der Waals surface area contributed by atoms with E-state index in [4.69, 9.17) is 11.5 Å². The Morgan fingerprint density at radius 2 is 2.11 bits per heavy atom. The molecule has 9 heteroatoms. The number of aryl methyl sites for hydroxylation is 1. The maximum atomic E-state index is 11.1. The van der Waals surface area contributed by atoms with Crippen molar-refractivity contribution >= 4 is 18.3 Å². The van der Waals surface area contributed by atoms with E-state index < -0.39 is 5.91 Å². The lowest BCUT2D eigenvalue weighted by Crippen LogP contribution is -2.17. The molecule has 102 valence electrons. The smallest absolute Gasteiger partial charge is 0.267 e. The fourth-order valence-corrected chi connectivity index (χ4v) is 1.49. The summed E-state index contributed by atoms with van der Waals surface area (Å²) in [5, 5.41) is 4.19. The molecular weight excluding hydrogens is 270 g/mol. The maximum Gasteiger partial charge on any atom is 0.267 e.